The zero-order valence-corrected chi connectivity index (χ0v) is 20.6. The van der Waals surface area contributed by atoms with E-state index in [1.54, 1.807) is 42.5 Å². The molecule has 1 aromatic heterocycles. The van der Waals surface area contributed by atoms with Crippen LogP contribution in [-0.4, -0.2) is 42.0 Å². The highest BCUT2D eigenvalue weighted by Gasteiger charge is 2.44. The molecule has 1 aliphatic rings. The third kappa shape index (κ3) is 6.26. The topological polar surface area (TPSA) is 102 Å². The molecule has 0 aliphatic carbocycles. The second-order valence-electron chi connectivity index (χ2n) is 9.08. The summed E-state index contributed by atoms with van der Waals surface area (Å²) < 4.78 is 38.2. The minimum atomic E-state index is -2.98. The molecule has 2 N–H and O–H groups in total. The first-order valence-corrected chi connectivity index (χ1v) is 11.8. The van der Waals surface area contributed by atoms with Crippen LogP contribution in [-0.2, 0) is 22.0 Å². The molecular weight excluding hydrogens is 482 g/mol. The van der Waals surface area contributed by atoms with Crippen molar-refractivity contribution in [1.82, 2.24) is 15.3 Å². The van der Waals surface area contributed by atoms with Crippen molar-refractivity contribution in [3.05, 3.63) is 77.6 Å². The number of para-hydroxylation sites is 1. The van der Waals surface area contributed by atoms with Crippen LogP contribution in [0.2, 0.25) is 0 Å². The summed E-state index contributed by atoms with van der Waals surface area (Å²) in [7, 11) is 1.43. The molecular formula is C27H28F2N4O4. The van der Waals surface area contributed by atoms with E-state index in [9.17, 15) is 18.4 Å². The minimum Gasteiger partial charge on any atom is -0.467 e. The Kier molecular flexibility index (Phi) is 7.77. The van der Waals surface area contributed by atoms with Crippen molar-refractivity contribution in [2.45, 2.75) is 32.2 Å². The van der Waals surface area contributed by atoms with Crippen LogP contribution in [0, 0.1) is 5.41 Å². The van der Waals surface area contributed by atoms with Crippen molar-refractivity contribution in [3.63, 3.8) is 0 Å². The monoisotopic (exact) mass is 510 g/mol. The third-order valence-corrected chi connectivity index (χ3v) is 6.30. The molecule has 1 atom stereocenters. The van der Waals surface area contributed by atoms with E-state index in [1.165, 1.54) is 25.6 Å². The standard InChI is InChI=1S/C27H28F2N4O4/c1-26(28,29)21-5-3-4-6-22(21)33-20-9-7-18(8-10-20)14-30-24(35)27(11-12-37-17-27)13-23(34)19-15-31-25(36-2)32-16-19/h3-10,15-16,33H,11-14,17H2,1-2H3,(H,30,35)/t27-/m0/s1. The number of methoxy groups -OCH3 is 1. The Morgan fingerprint density at radius 3 is 2.43 bits per heavy atom. The number of anilines is 2. The average Bonchev–Trinajstić information content (AvgIpc) is 3.37. The fourth-order valence-electron chi connectivity index (χ4n) is 4.19. The van der Waals surface area contributed by atoms with E-state index in [4.69, 9.17) is 9.47 Å². The maximum absolute atomic E-state index is 13.9. The van der Waals surface area contributed by atoms with Crippen molar-refractivity contribution in [2.75, 3.05) is 25.6 Å². The van der Waals surface area contributed by atoms with Crippen molar-refractivity contribution in [2.24, 2.45) is 5.41 Å². The van der Waals surface area contributed by atoms with Crippen LogP contribution in [0.15, 0.2) is 60.9 Å². The number of nitrogens with zero attached hydrogens (tertiary/aromatic N) is 2. The zero-order valence-electron chi connectivity index (χ0n) is 20.6. The van der Waals surface area contributed by atoms with Gasteiger partial charge >= 0.3 is 6.01 Å². The molecule has 1 fully saturated rings. The molecule has 37 heavy (non-hydrogen) atoms. The summed E-state index contributed by atoms with van der Waals surface area (Å²) in [4.78, 5) is 33.9. The van der Waals surface area contributed by atoms with Gasteiger partial charge in [-0.3, -0.25) is 9.59 Å². The molecule has 3 aromatic rings. The molecule has 0 radical (unpaired) electrons. The van der Waals surface area contributed by atoms with E-state index < -0.39 is 11.3 Å². The molecule has 0 unspecified atom stereocenters. The Morgan fingerprint density at radius 2 is 1.81 bits per heavy atom. The van der Waals surface area contributed by atoms with E-state index >= 15 is 0 Å². The minimum absolute atomic E-state index is 0.0289. The highest BCUT2D eigenvalue weighted by molar-refractivity contribution is 5.99. The first kappa shape index (κ1) is 26.2. The molecule has 4 rings (SSSR count). The van der Waals surface area contributed by atoms with E-state index in [-0.39, 0.29) is 42.8 Å². The first-order valence-electron chi connectivity index (χ1n) is 11.8. The maximum atomic E-state index is 13.9. The number of nitrogens with one attached hydrogen (secondary N) is 2. The van der Waals surface area contributed by atoms with E-state index in [1.807, 2.05) is 0 Å². The lowest BCUT2D eigenvalue weighted by molar-refractivity contribution is -0.131. The predicted molar refractivity (Wildman–Crippen MR) is 133 cm³/mol. The van der Waals surface area contributed by atoms with Crippen LogP contribution in [0.25, 0.3) is 0 Å². The second-order valence-corrected chi connectivity index (χ2v) is 9.08. The van der Waals surface area contributed by atoms with Crippen LogP contribution in [0.4, 0.5) is 20.2 Å². The van der Waals surface area contributed by atoms with E-state index in [0.29, 0.717) is 30.0 Å². The fraction of sp³-hybridized carbons (Fsp3) is 0.333. The summed E-state index contributed by atoms with van der Waals surface area (Å²) in [6, 6.07) is 13.5. The number of hydrogen-bond donors (Lipinski definition) is 2. The number of aromatic nitrogens is 2. The number of carbonyl (C=O) groups is 2. The lowest BCUT2D eigenvalue weighted by atomic mass is 9.80. The van der Waals surface area contributed by atoms with Crippen LogP contribution >= 0.6 is 0 Å². The SMILES string of the molecule is COc1ncc(C(=O)C[C@@]2(C(=O)NCc3ccc(Nc4ccccc4C(C)(F)F)cc3)CCOC2)cn1. The predicted octanol–water partition coefficient (Wildman–Crippen LogP) is 4.64. The number of halogens is 2. The Hall–Kier alpha value is -3.92. The molecule has 0 bridgehead atoms. The van der Waals surface area contributed by atoms with Crippen molar-refractivity contribution < 1.29 is 27.8 Å². The maximum Gasteiger partial charge on any atom is 0.316 e. The van der Waals surface area contributed by atoms with Crippen LogP contribution in [0.1, 0.15) is 41.3 Å². The van der Waals surface area contributed by atoms with Crippen molar-refractivity contribution in [1.29, 1.82) is 0 Å². The lowest BCUT2D eigenvalue weighted by Gasteiger charge is -2.25. The molecule has 1 aliphatic heterocycles. The highest BCUT2D eigenvalue weighted by atomic mass is 19.3. The van der Waals surface area contributed by atoms with Gasteiger partial charge in [0, 0.05) is 55.8 Å². The van der Waals surface area contributed by atoms with Gasteiger partial charge in [-0.15, -0.1) is 0 Å². The summed E-state index contributed by atoms with van der Waals surface area (Å²) in [5, 5.41) is 5.94. The second kappa shape index (κ2) is 11.0. The number of benzene rings is 2. The molecule has 1 saturated heterocycles. The summed E-state index contributed by atoms with van der Waals surface area (Å²) in [5.74, 6) is -3.50. The Labute approximate surface area is 213 Å². The lowest BCUT2D eigenvalue weighted by Crippen LogP contribution is -2.42. The first-order chi connectivity index (χ1) is 17.7. The van der Waals surface area contributed by atoms with E-state index in [0.717, 1.165) is 12.5 Å². The Balaban J connectivity index is 1.38. The van der Waals surface area contributed by atoms with Gasteiger partial charge in [0.2, 0.25) is 5.91 Å². The van der Waals surface area contributed by atoms with Gasteiger partial charge in [0.1, 0.15) is 0 Å². The smallest absolute Gasteiger partial charge is 0.316 e. The van der Waals surface area contributed by atoms with Gasteiger partial charge in [-0.25, -0.2) is 18.7 Å². The fourth-order valence-corrected chi connectivity index (χ4v) is 4.19. The molecule has 1 amide bonds. The molecule has 0 saturated carbocycles. The Bertz CT molecular complexity index is 1240. The summed E-state index contributed by atoms with van der Waals surface area (Å²) in [6.07, 6.45) is 3.15. The number of ketones is 1. The molecule has 10 heteroatoms. The van der Waals surface area contributed by atoms with Gasteiger partial charge in [-0.1, -0.05) is 30.3 Å². The zero-order chi connectivity index (χ0) is 26.5. The number of Topliss-reactive ketones (excluding diaryl/α,β-unsaturated/α-hetero) is 1. The van der Waals surface area contributed by atoms with Gasteiger partial charge < -0.3 is 20.1 Å². The number of carbonyl (C=O) groups excluding carboxylic acids is 2. The third-order valence-electron chi connectivity index (χ3n) is 6.30. The summed E-state index contributed by atoms with van der Waals surface area (Å²) in [5.41, 5.74) is 1.01. The van der Waals surface area contributed by atoms with Gasteiger partial charge in [-0.2, -0.15) is 0 Å². The summed E-state index contributed by atoms with van der Waals surface area (Å²) in [6.45, 7) is 1.63. The van der Waals surface area contributed by atoms with Crippen molar-refractivity contribution in [3.8, 4) is 6.01 Å². The number of ether oxygens (including phenoxy) is 2. The van der Waals surface area contributed by atoms with Crippen LogP contribution < -0.4 is 15.4 Å². The number of amides is 1. The van der Waals surface area contributed by atoms with Crippen LogP contribution in [0.3, 0.4) is 0 Å². The molecule has 8 nitrogen and oxygen atoms in total. The van der Waals surface area contributed by atoms with E-state index in [2.05, 4.69) is 20.6 Å². The van der Waals surface area contributed by atoms with Crippen molar-refractivity contribution >= 4 is 23.1 Å². The molecule has 2 aromatic carbocycles. The number of hydrogen-bond acceptors (Lipinski definition) is 7. The van der Waals surface area contributed by atoms with Gasteiger partial charge in [0.05, 0.1) is 24.7 Å². The van der Waals surface area contributed by atoms with Gasteiger partial charge in [0.15, 0.2) is 5.78 Å². The van der Waals surface area contributed by atoms with Gasteiger partial charge in [0.25, 0.3) is 5.92 Å². The summed E-state index contributed by atoms with van der Waals surface area (Å²) >= 11 is 0. The van der Waals surface area contributed by atoms with Gasteiger partial charge in [-0.05, 0) is 30.2 Å². The number of alkyl halides is 2. The molecule has 2 heterocycles. The Morgan fingerprint density at radius 1 is 1.11 bits per heavy atom. The number of rotatable bonds is 10. The normalized spacial score (nSPS) is 17.3. The quantitative estimate of drug-likeness (QED) is 0.383. The largest absolute Gasteiger partial charge is 0.467 e. The average molecular weight is 511 g/mol. The highest BCUT2D eigenvalue weighted by Crippen LogP contribution is 2.35. The molecule has 0 spiro atoms. The van der Waals surface area contributed by atoms with Crippen LogP contribution in [0.5, 0.6) is 6.01 Å². The molecule has 194 valence electrons.